The van der Waals surface area contributed by atoms with Gasteiger partial charge in [-0.05, 0) is 107 Å². The van der Waals surface area contributed by atoms with E-state index >= 15 is 0 Å². The van der Waals surface area contributed by atoms with E-state index in [4.69, 9.17) is 0 Å². The number of hydrogen-bond donors (Lipinski definition) is 1. The number of hydrogen-bond acceptors (Lipinski definition) is 1. The smallest absolute Gasteiger partial charge is 0.0541 e. The van der Waals surface area contributed by atoms with Crippen LogP contribution < -0.4 is 5.32 Å². The Bertz CT molecular complexity index is 2470. The first-order valence-corrected chi connectivity index (χ1v) is 16.5. The third-order valence-corrected chi connectivity index (χ3v) is 9.29. The molecule has 0 aliphatic heterocycles. The molecular formula is C46H36N2. The van der Waals surface area contributed by atoms with Gasteiger partial charge in [0.25, 0.3) is 0 Å². The summed E-state index contributed by atoms with van der Waals surface area (Å²) in [6.45, 7) is 6.49. The summed E-state index contributed by atoms with van der Waals surface area (Å²) in [6.07, 6.45) is 13.6. The summed E-state index contributed by atoms with van der Waals surface area (Å²) in [7, 11) is 0. The van der Waals surface area contributed by atoms with Crippen LogP contribution in [0, 0.1) is 0 Å². The Labute approximate surface area is 282 Å². The van der Waals surface area contributed by atoms with Gasteiger partial charge in [0, 0.05) is 33.4 Å². The minimum Gasteiger partial charge on any atom is -0.355 e. The molecule has 0 bridgehead atoms. The molecule has 1 aliphatic rings. The Balaban J connectivity index is 1.10. The van der Waals surface area contributed by atoms with E-state index in [1.54, 1.807) is 0 Å². The van der Waals surface area contributed by atoms with Crippen LogP contribution in [0.2, 0.25) is 0 Å². The second-order valence-electron chi connectivity index (χ2n) is 12.3. The molecule has 230 valence electrons. The third-order valence-electron chi connectivity index (χ3n) is 9.29. The Hall–Kier alpha value is -6.12. The lowest BCUT2D eigenvalue weighted by atomic mass is 9.94. The van der Waals surface area contributed by atoms with Gasteiger partial charge in [-0.2, -0.15) is 0 Å². The standard InChI is InChI=1S/C46H36N2/c1-3-4-6-13-32(2)42-30-37(23-26-44(42)47-39-25-22-33-14-9-10-15-34(33)29-39)35-20-21-36(28-35)38-24-27-46-43(31-38)41-18-11-12-19-45(41)48(46)40-16-7-5-8-17-40/h3-27,29-31,47H,2,28H2,1H3/b4-3-,13-6-. The van der Waals surface area contributed by atoms with Gasteiger partial charge in [0.15, 0.2) is 0 Å². The zero-order valence-corrected chi connectivity index (χ0v) is 27.0. The Kier molecular flexibility index (Phi) is 7.68. The molecule has 7 aromatic rings. The summed E-state index contributed by atoms with van der Waals surface area (Å²) in [5, 5.41) is 8.68. The molecule has 1 aromatic heterocycles. The highest BCUT2D eigenvalue weighted by Crippen LogP contribution is 2.40. The predicted molar refractivity (Wildman–Crippen MR) is 208 cm³/mol. The first-order valence-electron chi connectivity index (χ1n) is 16.5. The lowest BCUT2D eigenvalue weighted by molar-refractivity contribution is 1.18. The molecule has 2 nitrogen and oxygen atoms in total. The van der Waals surface area contributed by atoms with Crippen molar-refractivity contribution >= 4 is 60.7 Å². The first kappa shape index (κ1) is 29.3. The van der Waals surface area contributed by atoms with Gasteiger partial charge in [0.1, 0.15) is 0 Å². The summed E-state index contributed by atoms with van der Waals surface area (Å²) in [4.78, 5) is 0. The fourth-order valence-electron chi connectivity index (χ4n) is 6.86. The Morgan fingerprint density at radius 1 is 0.646 bits per heavy atom. The second kappa shape index (κ2) is 12.6. The van der Waals surface area contributed by atoms with Crippen molar-refractivity contribution in [2.45, 2.75) is 13.3 Å². The average molecular weight is 617 g/mol. The fraction of sp³-hybridized carbons (Fsp3) is 0.0435. The molecule has 6 aromatic carbocycles. The fourth-order valence-corrected chi connectivity index (χ4v) is 6.86. The molecular weight excluding hydrogens is 581 g/mol. The highest BCUT2D eigenvalue weighted by atomic mass is 15.0. The van der Waals surface area contributed by atoms with E-state index in [-0.39, 0.29) is 0 Å². The summed E-state index contributed by atoms with van der Waals surface area (Å²) < 4.78 is 2.37. The molecule has 0 fully saturated rings. The van der Waals surface area contributed by atoms with Crippen LogP contribution in [0.15, 0.2) is 176 Å². The normalized spacial score (nSPS) is 13.2. The number of para-hydroxylation sites is 2. The van der Waals surface area contributed by atoms with Gasteiger partial charge in [0.05, 0.1) is 11.0 Å². The SMILES string of the molecule is C=C(/C=C\C=C/C)c1cc(C2=CC=C(c3ccc4c(c3)c3ccccc3n4-c3ccccc3)C2)ccc1Nc1ccc2ccccc2c1. The maximum absolute atomic E-state index is 4.46. The van der Waals surface area contributed by atoms with Crippen LogP contribution in [0.5, 0.6) is 0 Å². The summed E-state index contributed by atoms with van der Waals surface area (Å²) in [5.41, 5.74) is 12.9. The molecule has 0 spiro atoms. The summed E-state index contributed by atoms with van der Waals surface area (Å²) in [6, 6.07) is 47.9. The van der Waals surface area contributed by atoms with Crippen LogP contribution in [0.3, 0.4) is 0 Å². The van der Waals surface area contributed by atoms with Gasteiger partial charge in [-0.3, -0.25) is 0 Å². The predicted octanol–water partition coefficient (Wildman–Crippen LogP) is 12.7. The van der Waals surface area contributed by atoms with E-state index in [0.29, 0.717) is 0 Å². The lowest BCUT2D eigenvalue weighted by Crippen LogP contribution is -1.97. The topological polar surface area (TPSA) is 17.0 Å². The maximum atomic E-state index is 4.46. The maximum Gasteiger partial charge on any atom is 0.0541 e. The first-order chi connectivity index (χ1) is 23.7. The molecule has 8 rings (SSSR count). The molecule has 0 amide bonds. The molecule has 1 aliphatic carbocycles. The molecule has 48 heavy (non-hydrogen) atoms. The van der Waals surface area contributed by atoms with Crippen LogP contribution in [0.1, 0.15) is 30.0 Å². The van der Waals surface area contributed by atoms with Crippen molar-refractivity contribution in [3.8, 4) is 5.69 Å². The van der Waals surface area contributed by atoms with E-state index in [2.05, 4.69) is 168 Å². The number of benzene rings is 6. The number of rotatable bonds is 8. The monoisotopic (exact) mass is 616 g/mol. The van der Waals surface area contributed by atoms with Crippen LogP contribution in [0.4, 0.5) is 11.4 Å². The largest absolute Gasteiger partial charge is 0.355 e. The number of allylic oxidation sites excluding steroid dienone is 9. The van der Waals surface area contributed by atoms with Crippen molar-refractivity contribution in [2.24, 2.45) is 0 Å². The molecule has 0 unspecified atom stereocenters. The minimum atomic E-state index is 0.876. The van der Waals surface area contributed by atoms with E-state index in [1.165, 1.54) is 60.5 Å². The molecule has 0 atom stereocenters. The summed E-state index contributed by atoms with van der Waals surface area (Å²) >= 11 is 0. The molecule has 1 N–H and O–H groups in total. The van der Waals surface area contributed by atoms with Gasteiger partial charge in [-0.25, -0.2) is 0 Å². The van der Waals surface area contributed by atoms with Crippen LogP contribution in [0.25, 0.3) is 55.0 Å². The summed E-state index contributed by atoms with van der Waals surface area (Å²) in [5.74, 6) is 0. The van der Waals surface area contributed by atoms with Crippen molar-refractivity contribution in [1.29, 1.82) is 0 Å². The van der Waals surface area contributed by atoms with Gasteiger partial charge in [-0.1, -0.05) is 122 Å². The zero-order valence-electron chi connectivity index (χ0n) is 27.0. The number of nitrogens with zero attached hydrogens (tertiary/aromatic N) is 1. The minimum absolute atomic E-state index is 0.876. The van der Waals surface area contributed by atoms with E-state index in [0.717, 1.165) is 28.9 Å². The van der Waals surface area contributed by atoms with Crippen molar-refractivity contribution in [3.63, 3.8) is 0 Å². The van der Waals surface area contributed by atoms with Crippen molar-refractivity contribution in [3.05, 3.63) is 193 Å². The van der Waals surface area contributed by atoms with E-state index in [9.17, 15) is 0 Å². The average Bonchev–Trinajstić information content (AvgIpc) is 3.76. The van der Waals surface area contributed by atoms with Gasteiger partial charge in [-0.15, -0.1) is 0 Å². The number of fused-ring (bicyclic) bond motifs is 4. The van der Waals surface area contributed by atoms with Crippen molar-refractivity contribution < 1.29 is 0 Å². The van der Waals surface area contributed by atoms with Crippen LogP contribution in [-0.4, -0.2) is 4.57 Å². The van der Waals surface area contributed by atoms with Gasteiger partial charge >= 0.3 is 0 Å². The molecule has 0 saturated heterocycles. The quantitative estimate of drug-likeness (QED) is 0.168. The van der Waals surface area contributed by atoms with Gasteiger partial charge < -0.3 is 9.88 Å². The van der Waals surface area contributed by atoms with Crippen molar-refractivity contribution in [2.75, 3.05) is 5.32 Å². The number of anilines is 2. The molecule has 2 heteroatoms. The van der Waals surface area contributed by atoms with E-state index < -0.39 is 0 Å². The van der Waals surface area contributed by atoms with Gasteiger partial charge in [0.2, 0.25) is 0 Å². The van der Waals surface area contributed by atoms with Crippen LogP contribution in [-0.2, 0) is 0 Å². The van der Waals surface area contributed by atoms with Crippen molar-refractivity contribution in [1.82, 2.24) is 4.57 Å². The molecule has 0 radical (unpaired) electrons. The zero-order chi connectivity index (χ0) is 32.5. The lowest BCUT2D eigenvalue weighted by Gasteiger charge is -2.16. The molecule has 0 saturated carbocycles. The second-order valence-corrected chi connectivity index (χ2v) is 12.3. The Morgan fingerprint density at radius 2 is 1.35 bits per heavy atom. The highest BCUT2D eigenvalue weighted by Gasteiger charge is 2.17. The third kappa shape index (κ3) is 5.48. The number of aromatic nitrogens is 1. The molecule has 1 heterocycles. The van der Waals surface area contributed by atoms with E-state index in [1.807, 2.05) is 25.2 Å². The number of nitrogens with one attached hydrogen (secondary N) is 1. The highest BCUT2D eigenvalue weighted by molar-refractivity contribution is 6.10. The van der Waals surface area contributed by atoms with Crippen LogP contribution >= 0.6 is 0 Å². The Morgan fingerprint density at radius 3 is 2.19 bits per heavy atom.